The van der Waals surface area contributed by atoms with Crippen LogP contribution < -0.4 is 5.73 Å². The van der Waals surface area contributed by atoms with Crippen molar-refractivity contribution in [3.63, 3.8) is 0 Å². The van der Waals surface area contributed by atoms with E-state index < -0.39 is 0 Å². The van der Waals surface area contributed by atoms with Gasteiger partial charge < -0.3 is 5.73 Å². The Morgan fingerprint density at radius 1 is 1.11 bits per heavy atom. The van der Waals surface area contributed by atoms with Crippen molar-refractivity contribution in [2.45, 2.75) is 66.7 Å². The van der Waals surface area contributed by atoms with E-state index >= 15 is 0 Å². The Labute approximate surface area is 113 Å². The third-order valence-electron chi connectivity index (χ3n) is 2.40. The highest BCUT2D eigenvalue weighted by Gasteiger charge is 2.11. The van der Waals surface area contributed by atoms with E-state index in [0.29, 0.717) is 5.92 Å². The first-order valence-corrected chi connectivity index (χ1v) is 7.26. The van der Waals surface area contributed by atoms with Crippen LogP contribution in [0.4, 0.5) is 0 Å². The Morgan fingerprint density at radius 2 is 1.72 bits per heavy atom. The van der Waals surface area contributed by atoms with Crippen molar-refractivity contribution in [3.8, 4) is 0 Å². The molecule has 3 heteroatoms. The second-order valence-corrected chi connectivity index (χ2v) is 3.65. The Hall–Kier alpha value is -0.960. The lowest BCUT2D eigenvalue weighted by Gasteiger charge is -2.14. The van der Waals surface area contributed by atoms with Crippen LogP contribution in [0.5, 0.6) is 0 Å². The summed E-state index contributed by atoms with van der Waals surface area (Å²) in [5.74, 6) is 0.506. The van der Waals surface area contributed by atoms with E-state index in [1.165, 1.54) is 6.42 Å². The average molecular weight is 253 g/mol. The van der Waals surface area contributed by atoms with Gasteiger partial charge in [0.2, 0.25) is 0 Å². The molecule has 1 unspecified atom stereocenters. The minimum atomic E-state index is 0.506. The van der Waals surface area contributed by atoms with Gasteiger partial charge in [-0.05, 0) is 32.4 Å². The lowest BCUT2D eigenvalue weighted by molar-refractivity contribution is 0.560. The fourth-order valence-electron chi connectivity index (χ4n) is 1.69. The zero-order valence-corrected chi connectivity index (χ0v) is 13.0. The fourth-order valence-corrected chi connectivity index (χ4v) is 1.69. The average Bonchev–Trinajstić information content (AvgIpc) is 2.43. The van der Waals surface area contributed by atoms with Crippen molar-refractivity contribution in [1.82, 2.24) is 9.97 Å². The second-order valence-electron chi connectivity index (χ2n) is 3.65. The molecule has 0 aliphatic carbocycles. The SMILES string of the molecule is CC.CC.CCCC(CCN)c1cc(C)ncn1. The Bertz CT molecular complexity index is 268. The molecular formula is C15H31N3. The maximum Gasteiger partial charge on any atom is 0.115 e. The molecule has 106 valence electrons. The number of aromatic nitrogens is 2. The topological polar surface area (TPSA) is 51.8 Å². The molecule has 0 amide bonds. The quantitative estimate of drug-likeness (QED) is 0.860. The van der Waals surface area contributed by atoms with E-state index in [9.17, 15) is 0 Å². The summed E-state index contributed by atoms with van der Waals surface area (Å²) in [4.78, 5) is 8.41. The lowest BCUT2D eigenvalue weighted by Crippen LogP contribution is -2.09. The van der Waals surface area contributed by atoms with Crippen LogP contribution in [0.25, 0.3) is 0 Å². The van der Waals surface area contributed by atoms with Crippen LogP contribution in [0, 0.1) is 6.92 Å². The summed E-state index contributed by atoms with van der Waals surface area (Å²) in [6.07, 6.45) is 5.00. The van der Waals surface area contributed by atoms with Gasteiger partial charge >= 0.3 is 0 Å². The molecule has 0 fully saturated rings. The largest absolute Gasteiger partial charge is 0.330 e. The monoisotopic (exact) mass is 253 g/mol. The van der Waals surface area contributed by atoms with E-state index in [1.807, 2.05) is 34.6 Å². The molecule has 0 spiro atoms. The van der Waals surface area contributed by atoms with Crippen LogP contribution in [0.3, 0.4) is 0 Å². The van der Waals surface area contributed by atoms with Gasteiger partial charge in [-0.15, -0.1) is 0 Å². The summed E-state index contributed by atoms with van der Waals surface area (Å²) < 4.78 is 0. The van der Waals surface area contributed by atoms with Gasteiger partial charge in [0.15, 0.2) is 0 Å². The van der Waals surface area contributed by atoms with Crippen molar-refractivity contribution < 1.29 is 0 Å². The maximum absolute atomic E-state index is 5.59. The van der Waals surface area contributed by atoms with Gasteiger partial charge in [0, 0.05) is 17.3 Å². The maximum atomic E-state index is 5.59. The molecule has 1 rings (SSSR count). The first-order valence-electron chi connectivity index (χ1n) is 7.26. The van der Waals surface area contributed by atoms with Gasteiger partial charge in [0.05, 0.1) is 0 Å². The molecule has 0 radical (unpaired) electrons. The second kappa shape index (κ2) is 14.1. The first-order chi connectivity index (χ1) is 8.77. The Morgan fingerprint density at radius 3 is 2.17 bits per heavy atom. The molecule has 1 atom stereocenters. The van der Waals surface area contributed by atoms with E-state index in [0.717, 1.165) is 30.8 Å². The highest BCUT2D eigenvalue weighted by molar-refractivity contribution is 5.11. The highest BCUT2D eigenvalue weighted by Crippen LogP contribution is 2.22. The van der Waals surface area contributed by atoms with E-state index in [4.69, 9.17) is 5.73 Å². The van der Waals surface area contributed by atoms with Crippen LogP contribution in [-0.2, 0) is 0 Å². The highest BCUT2D eigenvalue weighted by atomic mass is 14.8. The summed E-state index contributed by atoms with van der Waals surface area (Å²) in [6.45, 7) is 12.9. The molecule has 1 heterocycles. The number of hydrogen-bond acceptors (Lipinski definition) is 3. The van der Waals surface area contributed by atoms with Gasteiger partial charge in [-0.3, -0.25) is 0 Å². The first kappa shape index (κ1) is 19.4. The zero-order chi connectivity index (χ0) is 14.4. The summed E-state index contributed by atoms with van der Waals surface area (Å²) in [6, 6.07) is 2.07. The number of hydrogen-bond donors (Lipinski definition) is 1. The van der Waals surface area contributed by atoms with E-state index in [2.05, 4.69) is 23.0 Å². The van der Waals surface area contributed by atoms with Crippen LogP contribution >= 0.6 is 0 Å². The van der Waals surface area contributed by atoms with Gasteiger partial charge in [0.1, 0.15) is 6.33 Å². The van der Waals surface area contributed by atoms with Crippen LogP contribution in [0.1, 0.15) is 71.2 Å². The minimum absolute atomic E-state index is 0.506. The zero-order valence-electron chi connectivity index (χ0n) is 13.0. The Balaban J connectivity index is 0. The minimum Gasteiger partial charge on any atom is -0.330 e. The molecule has 0 aliphatic heterocycles. The predicted octanol–water partition coefficient (Wildman–Crippen LogP) is 4.07. The van der Waals surface area contributed by atoms with Crippen LogP contribution in [-0.4, -0.2) is 16.5 Å². The Kier molecular flexibility index (Phi) is 15.2. The summed E-state index contributed by atoms with van der Waals surface area (Å²) in [5.41, 5.74) is 7.77. The lowest BCUT2D eigenvalue weighted by atomic mass is 9.95. The van der Waals surface area contributed by atoms with Gasteiger partial charge in [-0.2, -0.15) is 0 Å². The predicted molar refractivity (Wildman–Crippen MR) is 80.8 cm³/mol. The normalized spacial score (nSPS) is 10.6. The molecule has 2 N–H and O–H groups in total. The molecule has 3 nitrogen and oxygen atoms in total. The van der Waals surface area contributed by atoms with Crippen LogP contribution in [0.15, 0.2) is 12.4 Å². The number of aryl methyl sites for hydroxylation is 1. The molecule has 0 aliphatic rings. The van der Waals surface area contributed by atoms with Crippen molar-refractivity contribution >= 4 is 0 Å². The standard InChI is InChI=1S/C11H19N3.2C2H6/c1-3-4-10(5-6-12)11-7-9(2)13-8-14-11;2*1-2/h7-8,10H,3-6,12H2,1-2H3;2*1-2H3. The molecule has 0 saturated heterocycles. The summed E-state index contributed by atoms with van der Waals surface area (Å²) in [5, 5.41) is 0. The van der Waals surface area contributed by atoms with Gasteiger partial charge in [0.25, 0.3) is 0 Å². The fraction of sp³-hybridized carbons (Fsp3) is 0.733. The van der Waals surface area contributed by atoms with E-state index in [-0.39, 0.29) is 0 Å². The molecule has 18 heavy (non-hydrogen) atoms. The van der Waals surface area contributed by atoms with Crippen molar-refractivity contribution in [1.29, 1.82) is 0 Å². The summed E-state index contributed by atoms with van der Waals surface area (Å²) >= 11 is 0. The van der Waals surface area contributed by atoms with Gasteiger partial charge in [-0.25, -0.2) is 9.97 Å². The van der Waals surface area contributed by atoms with Crippen molar-refractivity contribution in [2.24, 2.45) is 5.73 Å². The smallest absolute Gasteiger partial charge is 0.115 e. The van der Waals surface area contributed by atoms with Crippen molar-refractivity contribution in [2.75, 3.05) is 6.54 Å². The van der Waals surface area contributed by atoms with E-state index in [1.54, 1.807) is 6.33 Å². The molecule has 1 aromatic rings. The number of rotatable bonds is 5. The molecule has 0 aromatic carbocycles. The molecule has 0 bridgehead atoms. The number of nitrogens with two attached hydrogens (primary N) is 1. The van der Waals surface area contributed by atoms with Crippen molar-refractivity contribution in [3.05, 3.63) is 23.8 Å². The third-order valence-corrected chi connectivity index (χ3v) is 2.40. The van der Waals surface area contributed by atoms with Crippen LogP contribution in [0.2, 0.25) is 0 Å². The van der Waals surface area contributed by atoms with Gasteiger partial charge in [-0.1, -0.05) is 41.0 Å². The molecule has 1 aromatic heterocycles. The number of nitrogens with zero attached hydrogens (tertiary/aromatic N) is 2. The summed E-state index contributed by atoms with van der Waals surface area (Å²) in [7, 11) is 0. The third kappa shape index (κ3) is 8.18. The molecular weight excluding hydrogens is 222 g/mol. The molecule has 0 saturated carbocycles.